The van der Waals surface area contributed by atoms with E-state index in [-0.39, 0.29) is 23.9 Å². The average Bonchev–Trinajstić information content (AvgIpc) is 3.07. The van der Waals surface area contributed by atoms with Crippen LogP contribution in [0.1, 0.15) is 33.4 Å². The zero-order valence-electron chi connectivity index (χ0n) is 12.0. The van der Waals surface area contributed by atoms with Gasteiger partial charge in [0, 0.05) is 12.1 Å². The number of nitrogens with one attached hydrogen (secondary N) is 1. The fourth-order valence-corrected chi connectivity index (χ4v) is 2.35. The smallest absolute Gasteiger partial charge is 0.338 e. The number of amides is 1. The summed E-state index contributed by atoms with van der Waals surface area (Å²) in [5.74, 6) is -0.977. The summed E-state index contributed by atoms with van der Waals surface area (Å²) in [6.07, 6.45) is 0.351. The van der Waals surface area contributed by atoms with Gasteiger partial charge in [-0.05, 0) is 29.6 Å². The van der Waals surface area contributed by atoms with Gasteiger partial charge < -0.3 is 10.1 Å². The monoisotopic (exact) mass is 317 g/mol. The van der Waals surface area contributed by atoms with Gasteiger partial charge in [-0.1, -0.05) is 19.1 Å². The number of carbonyl (C=O) groups excluding carboxylic acids is 3. The third-order valence-corrected chi connectivity index (χ3v) is 3.74. The highest BCUT2D eigenvalue weighted by atomic mass is 32.1. The Kier molecular flexibility index (Phi) is 5.43. The van der Waals surface area contributed by atoms with Crippen molar-refractivity contribution in [3.05, 3.63) is 52.2 Å². The minimum absolute atomic E-state index is 0.140. The summed E-state index contributed by atoms with van der Waals surface area (Å²) < 4.78 is 5.01. The number of rotatable bonds is 6. The number of ether oxygens (including phenoxy) is 1. The van der Waals surface area contributed by atoms with Crippen LogP contribution in [-0.2, 0) is 9.53 Å². The lowest BCUT2D eigenvalue weighted by Crippen LogP contribution is -2.14. The van der Waals surface area contributed by atoms with Crippen LogP contribution in [0.25, 0.3) is 0 Å². The van der Waals surface area contributed by atoms with Gasteiger partial charge in [-0.2, -0.15) is 0 Å². The molecule has 1 amide bonds. The summed E-state index contributed by atoms with van der Waals surface area (Å²) in [7, 11) is 0. The van der Waals surface area contributed by atoms with E-state index >= 15 is 0 Å². The number of hydrogen-bond donors (Lipinski definition) is 1. The molecule has 114 valence electrons. The molecule has 2 aromatic rings. The maximum absolute atomic E-state index is 11.9. The number of benzene rings is 1. The second-order valence-corrected chi connectivity index (χ2v) is 5.41. The van der Waals surface area contributed by atoms with Gasteiger partial charge in [0.1, 0.15) is 0 Å². The van der Waals surface area contributed by atoms with Crippen LogP contribution >= 0.6 is 11.3 Å². The Bertz CT molecular complexity index is 679. The van der Waals surface area contributed by atoms with Crippen LogP contribution in [0.2, 0.25) is 0 Å². The Hall–Kier alpha value is -2.47. The Morgan fingerprint density at radius 2 is 2.00 bits per heavy atom. The summed E-state index contributed by atoms with van der Waals surface area (Å²) in [4.78, 5) is 35.6. The molecule has 1 N–H and O–H groups in total. The summed E-state index contributed by atoms with van der Waals surface area (Å²) in [5.41, 5.74) is 0.804. The van der Waals surface area contributed by atoms with E-state index < -0.39 is 5.97 Å². The second-order valence-electron chi connectivity index (χ2n) is 4.46. The zero-order chi connectivity index (χ0) is 15.9. The lowest BCUT2D eigenvalue weighted by molar-refractivity contribution is -0.115. The van der Waals surface area contributed by atoms with E-state index in [2.05, 4.69) is 5.32 Å². The third kappa shape index (κ3) is 4.26. The molecule has 1 heterocycles. The Morgan fingerprint density at radius 3 is 2.68 bits per heavy atom. The van der Waals surface area contributed by atoms with E-state index in [1.807, 2.05) is 0 Å². The van der Waals surface area contributed by atoms with Crippen LogP contribution < -0.4 is 5.32 Å². The normalized spacial score (nSPS) is 10.0. The molecular weight excluding hydrogens is 302 g/mol. The van der Waals surface area contributed by atoms with Crippen molar-refractivity contribution in [2.24, 2.45) is 0 Å². The predicted octanol–water partition coefficient (Wildman–Crippen LogP) is 3.14. The highest BCUT2D eigenvalue weighted by Crippen LogP contribution is 2.13. The number of anilines is 1. The second kappa shape index (κ2) is 7.51. The highest BCUT2D eigenvalue weighted by molar-refractivity contribution is 7.12. The fraction of sp³-hybridized carbons (Fsp3) is 0.188. The molecule has 0 radical (unpaired) electrons. The van der Waals surface area contributed by atoms with Crippen molar-refractivity contribution >= 4 is 34.7 Å². The van der Waals surface area contributed by atoms with Gasteiger partial charge in [0.15, 0.2) is 6.61 Å². The molecule has 0 saturated carbocycles. The lowest BCUT2D eigenvalue weighted by Gasteiger charge is -2.07. The van der Waals surface area contributed by atoms with E-state index in [0.717, 1.165) is 0 Å². The molecule has 0 aliphatic heterocycles. The van der Waals surface area contributed by atoms with Crippen LogP contribution in [0, 0.1) is 0 Å². The van der Waals surface area contributed by atoms with E-state index in [1.54, 1.807) is 42.6 Å². The summed E-state index contributed by atoms with van der Waals surface area (Å²) in [6.45, 7) is 1.44. The van der Waals surface area contributed by atoms with Gasteiger partial charge in [0.25, 0.3) is 0 Å². The predicted molar refractivity (Wildman–Crippen MR) is 84.3 cm³/mol. The number of Topliss-reactive ketones (excluding diaryl/α,β-unsaturated/α-hetero) is 1. The first-order chi connectivity index (χ1) is 10.6. The molecular formula is C16H15NO4S. The lowest BCUT2D eigenvalue weighted by atomic mass is 10.2. The molecule has 0 bridgehead atoms. The molecule has 0 aliphatic rings. The first kappa shape index (κ1) is 15.9. The highest BCUT2D eigenvalue weighted by Gasteiger charge is 2.13. The van der Waals surface area contributed by atoms with Gasteiger partial charge in [0.05, 0.1) is 10.4 Å². The number of carbonyl (C=O) groups is 3. The molecule has 5 nitrogen and oxygen atoms in total. The Labute approximate surface area is 131 Å². The van der Waals surface area contributed by atoms with E-state index in [0.29, 0.717) is 17.0 Å². The van der Waals surface area contributed by atoms with E-state index in [1.165, 1.54) is 17.4 Å². The molecule has 0 fully saturated rings. The maximum atomic E-state index is 11.9. The molecule has 0 unspecified atom stereocenters. The van der Waals surface area contributed by atoms with Crippen molar-refractivity contribution in [3.63, 3.8) is 0 Å². The minimum Gasteiger partial charge on any atom is -0.454 e. The van der Waals surface area contributed by atoms with Gasteiger partial charge in [-0.25, -0.2) is 4.79 Å². The van der Waals surface area contributed by atoms with Crippen molar-refractivity contribution in [1.29, 1.82) is 0 Å². The first-order valence-corrected chi connectivity index (χ1v) is 7.62. The molecule has 2 rings (SSSR count). The van der Waals surface area contributed by atoms with Crippen LogP contribution in [-0.4, -0.2) is 24.3 Å². The quantitative estimate of drug-likeness (QED) is 0.656. The molecule has 1 aromatic carbocycles. The summed E-state index contributed by atoms with van der Waals surface area (Å²) in [6, 6.07) is 9.86. The van der Waals surface area contributed by atoms with Gasteiger partial charge >= 0.3 is 5.97 Å². The van der Waals surface area contributed by atoms with Crippen LogP contribution in [0.3, 0.4) is 0 Å². The van der Waals surface area contributed by atoms with Crippen LogP contribution in [0.15, 0.2) is 41.8 Å². The SMILES string of the molecule is CCC(=O)Nc1cccc(C(=O)OCC(=O)c2cccs2)c1. The van der Waals surface area contributed by atoms with E-state index in [9.17, 15) is 14.4 Å². The first-order valence-electron chi connectivity index (χ1n) is 6.74. The minimum atomic E-state index is -0.600. The number of ketones is 1. The Morgan fingerprint density at radius 1 is 1.18 bits per heavy atom. The number of esters is 1. The molecule has 22 heavy (non-hydrogen) atoms. The van der Waals surface area contributed by atoms with Crippen molar-refractivity contribution in [1.82, 2.24) is 0 Å². The molecule has 1 aromatic heterocycles. The zero-order valence-corrected chi connectivity index (χ0v) is 12.8. The molecule has 0 atom stereocenters. The van der Waals surface area contributed by atoms with Gasteiger partial charge in [0.2, 0.25) is 11.7 Å². The van der Waals surface area contributed by atoms with Crippen molar-refractivity contribution in [2.75, 3.05) is 11.9 Å². The molecule has 0 spiro atoms. The molecule has 0 saturated heterocycles. The Balaban J connectivity index is 1.96. The van der Waals surface area contributed by atoms with Crippen LogP contribution in [0.4, 0.5) is 5.69 Å². The molecule has 6 heteroatoms. The fourth-order valence-electron chi connectivity index (χ4n) is 1.70. The van der Waals surface area contributed by atoms with Crippen molar-refractivity contribution < 1.29 is 19.1 Å². The average molecular weight is 317 g/mol. The largest absolute Gasteiger partial charge is 0.454 e. The number of thiophene rings is 1. The summed E-state index contributed by atoms with van der Waals surface area (Å²) >= 11 is 1.30. The topological polar surface area (TPSA) is 72.5 Å². The summed E-state index contributed by atoms with van der Waals surface area (Å²) in [5, 5.41) is 4.45. The maximum Gasteiger partial charge on any atom is 0.338 e. The standard InChI is InChI=1S/C16H15NO4S/c1-2-15(19)17-12-6-3-5-11(9-12)16(20)21-10-13(18)14-7-4-8-22-14/h3-9H,2,10H2,1H3,(H,17,19). The van der Waals surface area contributed by atoms with Gasteiger partial charge in [-0.3, -0.25) is 9.59 Å². The van der Waals surface area contributed by atoms with E-state index in [4.69, 9.17) is 4.74 Å². The van der Waals surface area contributed by atoms with Gasteiger partial charge in [-0.15, -0.1) is 11.3 Å². The van der Waals surface area contributed by atoms with Crippen molar-refractivity contribution in [3.8, 4) is 0 Å². The number of hydrogen-bond acceptors (Lipinski definition) is 5. The van der Waals surface area contributed by atoms with Crippen molar-refractivity contribution in [2.45, 2.75) is 13.3 Å². The molecule has 0 aliphatic carbocycles. The van der Waals surface area contributed by atoms with Crippen LogP contribution in [0.5, 0.6) is 0 Å². The third-order valence-electron chi connectivity index (χ3n) is 2.83.